The van der Waals surface area contributed by atoms with Gasteiger partial charge in [0.05, 0.1) is 24.9 Å². The van der Waals surface area contributed by atoms with Crippen LogP contribution in [0.5, 0.6) is 0 Å². The number of halogens is 2. The number of anilines is 1. The minimum Gasteiger partial charge on any atom is -0.384 e. The summed E-state index contributed by atoms with van der Waals surface area (Å²) in [7, 11) is 1.52. The van der Waals surface area contributed by atoms with E-state index < -0.39 is 0 Å². The summed E-state index contributed by atoms with van der Waals surface area (Å²) in [6, 6.07) is 0. The van der Waals surface area contributed by atoms with E-state index in [1.807, 2.05) is 0 Å². The number of carbonyl (C=O) groups excluding carboxylic acids is 1. The van der Waals surface area contributed by atoms with Crippen molar-refractivity contribution in [2.24, 2.45) is 0 Å². The van der Waals surface area contributed by atoms with Crippen molar-refractivity contribution in [3.8, 4) is 0 Å². The summed E-state index contributed by atoms with van der Waals surface area (Å²) in [5.41, 5.74) is 0.335. The zero-order valence-corrected chi connectivity index (χ0v) is 9.47. The molecule has 1 N–H and O–H groups in total. The van der Waals surface area contributed by atoms with Gasteiger partial charge in [-0.25, -0.2) is 9.97 Å². The molecule has 0 aliphatic rings. The molecule has 0 aromatic carbocycles. The van der Waals surface area contributed by atoms with E-state index in [2.05, 4.69) is 15.3 Å². The highest BCUT2D eigenvalue weighted by atomic mass is 35.5. The van der Waals surface area contributed by atoms with Crippen molar-refractivity contribution in [2.75, 3.05) is 19.0 Å². The quantitative estimate of drug-likeness (QED) is 0.653. The van der Waals surface area contributed by atoms with Crippen molar-refractivity contribution in [1.82, 2.24) is 9.97 Å². The molecule has 1 aromatic rings. The molecule has 1 rings (SSSR count). The Hall–Kier alpha value is -0.910. The summed E-state index contributed by atoms with van der Waals surface area (Å²) < 4.78 is 4.75. The maximum absolute atomic E-state index is 11.3. The first-order valence-corrected chi connectivity index (χ1v) is 4.86. The Bertz CT molecular complexity index is 360. The first kappa shape index (κ1) is 12.2. The van der Waals surface area contributed by atoms with Crippen LogP contribution in [0.3, 0.4) is 0 Å². The van der Waals surface area contributed by atoms with Gasteiger partial charge in [-0.2, -0.15) is 0 Å². The van der Waals surface area contributed by atoms with E-state index in [9.17, 15) is 4.79 Å². The lowest BCUT2D eigenvalue weighted by Gasteiger charge is -2.05. The second-order valence-electron chi connectivity index (χ2n) is 2.63. The number of rotatable bonds is 4. The molecule has 0 spiro atoms. The standard InChI is InChI=1S/C8H9Cl2N3O2/c1-15-3-2-6(14)12-5-4-11-8(10)13-7(5)9/h4H,2-3H2,1H3,(H,12,14). The van der Waals surface area contributed by atoms with Gasteiger partial charge in [0.15, 0.2) is 5.15 Å². The lowest BCUT2D eigenvalue weighted by Crippen LogP contribution is -2.14. The molecule has 0 aliphatic heterocycles. The highest BCUT2D eigenvalue weighted by Gasteiger charge is 2.07. The van der Waals surface area contributed by atoms with Crippen molar-refractivity contribution in [1.29, 1.82) is 0 Å². The van der Waals surface area contributed by atoms with Gasteiger partial charge in [0.25, 0.3) is 0 Å². The topological polar surface area (TPSA) is 64.1 Å². The van der Waals surface area contributed by atoms with Crippen molar-refractivity contribution in [3.63, 3.8) is 0 Å². The number of amides is 1. The Balaban J connectivity index is 2.60. The van der Waals surface area contributed by atoms with Gasteiger partial charge < -0.3 is 10.1 Å². The molecule has 15 heavy (non-hydrogen) atoms. The van der Waals surface area contributed by atoms with Gasteiger partial charge in [-0.15, -0.1) is 0 Å². The number of nitrogens with zero attached hydrogens (tertiary/aromatic N) is 2. The maximum Gasteiger partial charge on any atom is 0.226 e. The van der Waals surface area contributed by atoms with Crippen LogP contribution in [0.25, 0.3) is 0 Å². The van der Waals surface area contributed by atoms with Crippen LogP contribution in [0.1, 0.15) is 6.42 Å². The fourth-order valence-electron chi connectivity index (χ4n) is 0.832. The molecule has 0 atom stereocenters. The van der Waals surface area contributed by atoms with E-state index in [-0.39, 0.29) is 22.8 Å². The van der Waals surface area contributed by atoms with Crippen LogP contribution >= 0.6 is 23.2 Å². The zero-order valence-electron chi connectivity index (χ0n) is 7.96. The van der Waals surface area contributed by atoms with Gasteiger partial charge in [-0.1, -0.05) is 11.6 Å². The van der Waals surface area contributed by atoms with E-state index in [0.29, 0.717) is 12.3 Å². The van der Waals surface area contributed by atoms with Gasteiger partial charge in [0.1, 0.15) is 0 Å². The number of ether oxygens (including phenoxy) is 1. The largest absolute Gasteiger partial charge is 0.384 e. The normalized spacial score (nSPS) is 10.1. The molecule has 0 unspecified atom stereocenters. The number of aromatic nitrogens is 2. The molecule has 0 bridgehead atoms. The van der Waals surface area contributed by atoms with E-state index in [1.165, 1.54) is 13.3 Å². The van der Waals surface area contributed by atoms with Gasteiger partial charge in [-0.3, -0.25) is 4.79 Å². The fraction of sp³-hybridized carbons (Fsp3) is 0.375. The highest BCUT2D eigenvalue weighted by molar-refractivity contribution is 6.34. The Morgan fingerprint density at radius 1 is 1.60 bits per heavy atom. The van der Waals surface area contributed by atoms with E-state index >= 15 is 0 Å². The lowest BCUT2D eigenvalue weighted by molar-refractivity contribution is -0.117. The minimum absolute atomic E-state index is 0.0369. The average Bonchev–Trinajstić information content (AvgIpc) is 2.19. The molecule has 5 nitrogen and oxygen atoms in total. The van der Waals surface area contributed by atoms with E-state index in [4.69, 9.17) is 27.9 Å². The van der Waals surface area contributed by atoms with Crippen LogP contribution in [0.15, 0.2) is 6.20 Å². The average molecular weight is 250 g/mol. The van der Waals surface area contributed by atoms with Crippen LogP contribution in [0.4, 0.5) is 5.69 Å². The monoisotopic (exact) mass is 249 g/mol. The van der Waals surface area contributed by atoms with Crippen molar-refractivity contribution >= 4 is 34.8 Å². The summed E-state index contributed by atoms with van der Waals surface area (Å²) in [5.74, 6) is -0.218. The number of hydrogen-bond donors (Lipinski definition) is 1. The molecule has 7 heteroatoms. The predicted octanol–water partition coefficient (Wildman–Crippen LogP) is 1.76. The third kappa shape index (κ3) is 3.99. The van der Waals surface area contributed by atoms with Gasteiger partial charge in [0, 0.05) is 7.11 Å². The van der Waals surface area contributed by atoms with Crippen molar-refractivity contribution in [2.45, 2.75) is 6.42 Å². The minimum atomic E-state index is -0.218. The number of hydrogen-bond acceptors (Lipinski definition) is 4. The first-order chi connectivity index (χ1) is 7.13. The fourth-order valence-corrected chi connectivity index (χ4v) is 1.19. The maximum atomic E-state index is 11.3. The lowest BCUT2D eigenvalue weighted by atomic mass is 10.4. The van der Waals surface area contributed by atoms with E-state index in [1.54, 1.807) is 0 Å². The van der Waals surface area contributed by atoms with Crippen LogP contribution in [-0.4, -0.2) is 29.6 Å². The van der Waals surface area contributed by atoms with Crippen molar-refractivity contribution < 1.29 is 9.53 Å². The van der Waals surface area contributed by atoms with Crippen LogP contribution in [0.2, 0.25) is 10.4 Å². The van der Waals surface area contributed by atoms with Crippen molar-refractivity contribution in [3.05, 3.63) is 16.6 Å². The zero-order chi connectivity index (χ0) is 11.3. The van der Waals surface area contributed by atoms with Gasteiger partial charge >= 0.3 is 0 Å². The Labute approximate surface area is 96.8 Å². The molecule has 82 valence electrons. The predicted molar refractivity (Wildman–Crippen MR) is 57.2 cm³/mol. The number of carbonyl (C=O) groups is 1. The number of methoxy groups -OCH3 is 1. The third-order valence-electron chi connectivity index (χ3n) is 1.52. The summed E-state index contributed by atoms with van der Waals surface area (Å²) in [6.45, 7) is 0.345. The van der Waals surface area contributed by atoms with Crippen LogP contribution in [0, 0.1) is 0 Å². The van der Waals surface area contributed by atoms with Gasteiger partial charge in [-0.05, 0) is 11.6 Å². The Morgan fingerprint density at radius 2 is 2.33 bits per heavy atom. The smallest absolute Gasteiger partial charge is 0.226 e. The molecular weight excluding hydrogens is 241 g/mol. The highest BCUT2D eigenvalue weighted by Crippen LogP contribution is 2.19. The molecule has 0 saturated heterocycles. The second kappa shape index (κ2) is 5.85. The Morgan fingerprint density at radius 3 is 2.93 bits per heavy atom. The third-order valence-corrected chi connectivity index (χ3v) is 1.99. The number of nitrogens with one attached hydrogen (secondary N) is 1. The molecule has 1 aromatic heterocycles. The second-order valence-corrected chi connectivity index (χ2v) is 3.33. The Kier molecular flexibility index (Phi) is 4.74. The van der Waals surface area contributed by atoms with E-state index in [0.717, 1.165) is 0 Å². The van der Waals surface area contributed by atoms with Crippen LogP contribution < -0.4 is 5.32 Å². The molecule has 1 heterocycles. The molecular formula is C8H9Cl2N3O2. The molecule has 0 aliphatic carbocycles. The molecule has 0 saturated carbocycles. The summed E-state index contributed by atoms with van der Waals surface area (Å²) in [4.78, 5) is 18.6. The van der Waals surface area contributed by atoms with Crippen LogP contribution in [-0.2, 0) is 9.53 Å². The summed E-state index contributed by atoms with van der Waals surface area (Å²) >= 11 is 11.2. The molecule has 1 amide bonds. The summed E-state index contributed by atoms with van der Waals surface area (Å²) in [5, 5.41) is 2.69. The summed E-state index contributed by atoms with van der Waals surface area (Å²) in [6.07, 6.45) is 1.60. The molecule has 0 fully saturated rings. The molecule has 0 radical (unpaired) electrons. The SMILES string of the molecule is COCCC(=O)Nc1cnc(Cl)nc1Cl. The first-order valence-electron chi connectivity index (χ1n) is 4.10. The van der Waals surface area contributed by atoms with Gasteiger partial charge in [0.2, 0.25) is 11.2 Å².